The van der Waals surface area contributed by atoms with Crippen LogP contribution in [0.1, 0.15) is 11.1 Å². The van der Waals surface area contributed by atoms with Gasteiger partial charge in [-0.1, -0.05) is 18.2 Å². The van der Waals surface area contributed by atoms with Crippen molar-refractivity contribution in [2.75, 3.05) is 19.5 Å². The number of hydrogen-bond donors (Lipinski definition) is 2. The molecular weight excluding hydrogens is 349 g/mol. The smallest absolute Gasteiger partial charge is 0.422 e. The molecule has 3 N–H and O–H groups in total. The molecule has 0 aliphatic carbocycles. The third kappa shape index (κ3) is 6.19. The Bertz CT molecular complexity index is 746. The fourth-order valence-electron chi connectivity index (χ4n) is 2.18. The van der Waals surface area contributed by atoms with E-state index in [1.165, 1.54) is 19.2 Å². The second-order valence-corrected chi connectivity index (χ2v) is 5.58. The van der Waals surface area contributed by atoms with Crippen molar-refractivity contribution in [3.05, 3.63) is 53.6 Å². The van der Waals surface area contributed by atoms with E-state index in [1.807, 2.05) is 0 Å². The highest BCUT2D eigenvalue weighted by molar-refractivity contribution is 5.78. The van der Waals surface area contributed by atoms with Crippen molar-refractivity contribution in [3.63, 3.8) is 0 Å². The van der Waals surface area contributed by atoms with Crippen molar-refractivity contribution in [1.29, 1.82) is 0 Å². The molecule has 0 aliphatic heterocycles. The molecule has 0 heterocycles. The predicted octanol–water partition coefficient (Wildman–Crippen LogP) is 3.08. The Morgan fingerprint density at radius 1 is 1.08 bits per heavy atom. The summed E-state index contributed by atoms with van der Waals surface area (Å²) in [6, 6.07) is 11.4. The number of amides is 1. The number of methoxy groups -OCH3 is 1. The van der Waals surface area contributed by atoms with Crippen LogP contribution in [0.4, 0.5) is 18.9 Å². The van der Waals surface area contributed by atoms with Crippen LogP contribution < -0.4 is 20.5 Å². The van der Waals surface area contributed by atoms with Crippen LogP contribution in [0.5, 0.6) is 11.5 Å². The Hall–Kier alpha value is -2.90. The molecule has 0 bridgehead atoms. The lowest BCUT2D eigenvalue weighted by Gasteiger charge is -2.14. The highest BCUT2D eigenvalue weighted by atomic mass is 19.4. The second-order valence-electron chi connectivity index (χ2n) is 5.58. The summed E-state index contributed by atoms with van der Waals surface area (Å²) in [5.41, 5.74) is 7.71. The number of benzene rings is 2. The van der Waals surface area contributed by atoms with E-state index in [2.05, 4.69) is 5.32 Å². The van der Waals surface area contributed by atoms with Gasteiger partial charge in [0.25, 0.3) is 0 Å². The van der Waals surface area contributed by atoms with E-state index >= 15 is 0 Å². The van der Waals surface area contributed by atoms with E-state index in [1.54, 1.807) is 30.3 Å². The van der Waals surface area contributed by atoms with Crippen LogP contribution >= 0.6 is 0 Å². The minimum Gasteiger partial charge on any atom is -0.493 e. The van der Waals surface area contributed by atoms with Gasteiger partial charge in [0.1, 0.15) is 0 Å². The Morgan fingerprint density at radius 3 is 2.35 bits per heavy atom. The van der Waals surface area contributed by atoms with E-state index in [9.17, 15) is 18.0 Å². The van der Waals surface area contributed by atoms with Crippen molar-refractivity contribution in [2.45, 2.75) is 19.1 Å². The molecule has 0 spiro atoms. The van der Waals surface area contributed by atoms with Gasteiger partial charge >= 0.3 is 6.18 Å². The molecule has 0 aliphatic rings. The molecule has 0 atom stereocenters. The summed E-state index contributed by atoms with van der Waals surface area (Å²) in [6.07, 6.45) is -4.23. The number of nitrogen functional groups attached to an aromatic ring is 1. The van der Waals surface area contributed by atoms with Crippen LogP contribution in [0, 0.1) is 0 Å². The number of hydrogen-bond acceptors (Lipinski definition) is 4. The quantitative estimate of drug-likeness (QED) is 0.737. The number of alkyl halides is 3. The van der Waals surface area contributed by atoms with E-state index in [0.29, 0.717) is 11.3 Å². The van der Waals surface area contributed by atoms with Crippen LogP contribution in [0.25, 0.3) is 0 Å². The zero-order valence-electron chi connectivity index (χ0n) is 14.1. The largest absolute Gasteiger partial charge is 0.493 e. The molecule has 2 rings (SSSR count). The molecule has 0 unspecified atom stereocenters. The number of carbonyl (C=O) groups is 1. The van der Waals surface area contributed by atoms with Crippen LogP contribution in [0.15, 0.2) is 42.5 Å². The van der Waals surface area contributed by atoms with Crippen molar-refractivity contribution < 1.29 is 27.4 Å². The maximum absolute atomic E-state index is 12.2. The van der Waals surface area contributed by atoms with E-state index < -0.39 is 12.8 Å². The lowest BCUT2D eigenvalue weighted by atomic mass is 10.1. The molecule has 1 amide bonds. The van der Waals surface area contributed by atoms with Gasteiger partial charge in [0.15, 0.2) is 18.1 Å². The molecule has 2 aromatic carbocycles. The van der Waals surface area contributed by atoms with Crippen molar-refractivity contribution in [3.8, 4) is 11.5 Å². The van der Waals surface area contributed by atoms with Gasteiger partial charge in [0.05, 0.1) is 13.5 Å². The van der Waals surface area contributed by atoms with E-state index in [4.69, 9.17) is 15.2 Å². The zero-order valence-corrected chi connectivity index (χ0v) is 14.1. The number of nitrogens with two attached hydrogens (primary N) is 1. The van der Waals surface area contributed by atoms with Crippen molar-refractivity contribution in [1.82, 2.24) is 5.32 Å². The number of halogens is 3. The Balaban J connectivity index is 1.92. The lowest BCUT2D eigenvalue weighted by molar-refractivity contribution is -0.153. The Kier molecular flexibility index (Phi) is 6.32. The molecule has 0 radical (unpaired) electrons. The third-order valence-electron chi connectivity index (χ3n) is 3.45. The first-order valence-corrected chi connectivity index (χ1v) is 7.74. The molecule has 0 aromatic heterocycles. The van der Waals surface area contributed by atoms with Gasteiger partial charge in [-0.25, -0.2) is 0 Å². The summed E-state index contributed by atoms with van der Waals surface area (Å²) in [5.74, 6) is -0.0348. The Labute approximate surface area is 148 Å². The molecule has 5 nitrogen and oxygen atoms in total. The van der Waals surface area contributed by atoms with Gasteiger partial charge in [-0.15, -0.1) is 0 Å². The minimum absolute atomic E-state index is 0.0122. The van der Waals surface area contributed by atoms with Crippen LogP contribution in [-0.2, 0) is 17.8 Å². The lowest BCUT2D eigenvalue weighted by Crippen LogP contribution is -2.24. The first-order valence-electron chi connectivity index (χ1n) is 7.74. The van der Waals surface area contributed by atoms with Gasteiger partial charge in [-0.05, 0) is 35.4 Å². The summed E-state index contributed by atoms with van der Waals surface area (Å²) in [7, 11) is 1.33. The molecule has 0 saturated heterocycles. The highest BCUT2D eigenvalue weighted by Crippen LogP contribution is 2.29. The minimum atomic E-state index is -4.43. The van der Waals surface area contributed by atoms with Gasteiger partial charge < -0.3 is 20.5 Å². The molecule has 26 heavy (non-hydrogen) atoms. The highest BCUT2D eigenvalue weighted by Gasteiger charge is 2.29. The molecule has 0 saturated carbocycles. The summed E-state index contributed by atoms with van der Waals surface area (Å²) in [5, 5.41) is 2.74. The van der Waals surface area contributed by atoms with E-state index in [-0.39, 0.29) is 30.4 Å². The molecule has 0 fully saturated rings. The topological polar surface area (TPSA) is 73.6 Å². The number of nitrogens with one attached hydrogen (secondary N) is 1. The van der Waals surface area contributed by atoms with Crippen LogP contribution in [-0.4, -0.2) is 25.8 Å². The van der Waals surface area contributed by atoms with Gasteiger partial charge in [0, 0.05) is 12.2 Å². The monoisotopic (exact) mass is 368 g/mol. The number of anilines is 1. The SMILES string of the molecule is COc1cc(CNC(=O)Cc2ccc(N)cc2)ccc1OCC(F)(F)F. The normalized spacial score (nSPS) is 11.1. The fraction of sp³-hybridized carbons (Fsp3) is 0.278. The van der Waals surface area contributed by atoms with Gasteiger partial charge in [0.2, 0.25) is 5.91 Å². The van der Waals surface area contributed by atoms with Crippen molar-refractivity contribution in [2.24, 2.45) is 0 Å². The average Bonchev–Trinajstić information content (AvgIpc) is 2.59. The maximum Gasteiger partial charge on any atom is 0.422 e. The van der Waals surface area contributed by atoms with Crippen LogP contribution in [0.3, 0.4) is 0 Å². The van der Waals surface area contributed by atoms with Gasteiger partial charge in [-0.2, -0.15) is 13.2 Å². The summed E-state index contributed by atoms with van der Waals surface area (Å²) in [4.78, 5) is 12.0. The van der Waals surface area contributed by atoms with Crippen LogP contribution in [0.2, 0.25) is 0 Å². The molecule has 8 heteroatoms. The average molecular weight is 368 g/mol. The van der Waals surface area contributed by atoms with Crippen molar-refractivity contribution >= 4 is 11.6 Å². The first-order chi connectivity index (χ1) is 12.3. The fourth-order valence-corrected chi connectivity index (χ4v) is 2.18. The second kappa shape index (κ2) is 8.46. The molecule has 140 valence electrons. The summed E-state index contributed by atoms with van der Waals surface area (Å²) >= 11 is 0. The molecular formula is C18H19F3N2O3. The Morgan fingerprint density at radius 2 is 1.73 bits per heavy atom. The number of rotatable bonds is 7. The van der Waals surface area contributed by atoms with Gasteiger partial charge in [-0.3, -0.25) is 4.79 Å². The number of carbonyl (C=O) groups excluding carboxylic acids is 1. The summed E-state index contributed by atoms with van der Waals surface area (Å²) < 4.78 is 46.5. The number of ether oxygens (including phenoxy) is 2. The van der Waals surface area contributed by atoms with E-state index in [0.717, 1.165) is 5.56 Å². The third-order valence-corrected chi connectivity index (χ3v) is 3.45. The predicted molar refractivity (Wildman–Crippen MR) is 90.9 cm³/mol. The maximum atomic E-state index is 12.2. The first kappa shape index (κ1) is 19.4. The standard InChI is InChI=1S/C18H19F3N2O3/c1-25-16-8-13(4-7-15(16)26-11-18(19,20)21)10-23-17(24)9-12-2-5-14(22)6-3-12/h2-8H,9-11,22H2,1H3,(H,23,24). The zero-order chi connectivity index (χ0) is 19.2. The summed E-state index contributed by atoms with van der Waals surface area (Å²) in [6.45, 7) is -1.19. The molecule has 2 aromatic rings.